The first-order valence-electron chi connectivity index (χ1n) is 7.87. The molecule has 0 amide bonds. The minimum atomic E-state index is -0.0153. The van der Waals surface area contributed by atoms with Crippen LogP contribution in [-0.4, -0.2) is 0 Å². The first-order valence-corrected chi connectivity index (χ1v) is 7.87. The van der Waals surface area contributed by atoms with Crippen LogP contribution in [0.3, 0.4) is 0 Å². The topological polar surface area (TPSA) is 0 Å². The highest BCUT2D eigenvalue weighted by atomic mass is 14.5. The minimum absolute atomic E-state index is 0.0153. The van der Waals surface area contributed by atoms with Gasteiger partial charge in [0.1, 0.15) is 0 Å². The monoisotopic (exact) mass is 280 g/mol. The fraction of sp³-hybridized carbons (Fsp3) is 0.0909. The van der Waals surface area contributed by atoms with Crippen LogP contribution in [-0.2, 0) is 5.41 Å². The van der Waals surface area contributed by atoms with Crippen LogP contribution in [0.4, 0.5) is 0 Å². The largest absolute Gasteiger partial charge is 0.0824 e. The second-order valence-corrected chi connectivity index (χ2v) is 6.19. The molecule has 0 radical (unpaired) electrons. The molecule has 0 saturated heterocycles. The highest BCUT2D eigenvalue weighted by Crippen LogP contribution is 2.56. The van der Waals surface area contributed by atoms with Gasteiger partial charge in [-0.1, -0.05) is 84.9 Å². The molecule has 1 spiro atoms. The standard InChI is InChI=1S/C22H16/c1-4-12-19-16(8-1)9-7-15-22(19)20-13-5-2-10-17(20)18-11-3-6-14-21(18)22/h1-14H,15H2. The molecule has 5 rings (SSSR count). The summed E-state index contributed by atoms with van der Waals surface area (Å²) in [5.41, 5.74) is 8.46. The van der Waals surface area contributed by atoms with Crippen molar-refractivity contribution in [2.45, 2.75) is 11.8 Å². The number of benzene rings is 3. The van der Waals surface area contributed by atoms with Gasteiger partial charge in [0.25, 0.3) is 0 Å². The van der Waals surface area contributed by atoms with Crippen LogP contribution in [0.1, 0.15) is 28.7 Å². The van der Waals surface area contributed by atoms with E-state index in [9.17, 15) is 0 Å². The third-order valence-corrected chi connectivity index (χ3v) is 5.21. The van der Waals surface area contributed by atoms with Crippen molar-refractivity contribution in [2.24, 2.45) is 0 Å². The maximum absolute atomic E-state index is 2.33. The van der Waals surface area contributed by atoms with E-state index in [1.165, 1.54) is 33.4 Å². The van der Waals surface area contributed by atoms with E-state index in [1.807, 2.05) is 0 Å². The van der Waals surface area contributed by atoms with E-state index in [1.54, 1.807) is 0 Å². The summed E-state index contributed by atoms with van der Waals surface area (Å²) < 4.78 is 0. The van der Waals surface area contributed by atoms with Gasteiger partial charge in [-0.3, -0.25) is 0 Å². The van der Waals surface area contributed by atoms with Gasteiger partial charge in [-0.15, -0.1) is 0 Å². The number of rotatable bonds is 0. The average Bonchev–Trinajstić information content (AvgIpc) is 2.87. The van der Waals surface area contributed by atoms with Crippen LogP contribution < -0.4 is 0 Å². The number of allylic oxidation sites excluding steroid dienone is 1. The Balaban J connectivity index is 1.95. The Hall–Kier alpha value is -2.60. The van der Waals surface area contributed by atoms with Crippen LogP contribution in [0, 0.1) is 0 Å². The third kappa shape index (κ3) is 1.33. The second-order valence-electron chi connectivity index (χ2n) is 6.19. The van der Waals surface area contributed by atoms with E-state index in [-0.39, 0.29) is 5.41 Å². The van der Waals surface area contributed by atoms with Gasteiger partial charge in [-0.25, -0.2) is 0 Å². The molecule has 0 atom stereocenters. The number of hydrogen-bond acceptors (Lipinski definition) is 0. The molecule has 0 heteroatoms. The molecule has 0 heterocycles. The second kappa shape index (κ2) is 4.20. The maximum Gasteiger partial charge on any atom is 0.0503 e. The fourth-order valence-corrected chi connectivity index (χ4v) is 4.34. The van der Waals surface area contributed by atoms with Crippen LogP contribution in [0.2, 0.25) is 0 Å². The predicted octanol–water partition coefficient (Wildman–Crippen LogP) is 5.42. The first kappa shape index (κ1) is 12.0. The Morgan fingerprint density at radius 3 is 1.82 bits per heavy atom. The van der Waals surface area contributed by atoms with Crippen molar-refractivity contribution < 1.29 is 0 Å². The number of fused-ring (bicyclic) bond motifs is 7. The molecular weight excluding hydrogens is 264 g/mol. The summed E-state index contributed by atoms with van der Waals surface area (Å²) in [5, 5.41) is 0. The summed E-state index contributed by atoms with van der Waals surface area (Å²) in [4.78, 5) is 0. The lowest BCUT2D eigenvalue weighted by Gasteiger charge is -2.35. The molecule has 104 valence electrons. The molecule has 0 aliphatic heterocycles. The minimum Gasteiger partial charge on any atom is -0.0824 e. The lowest BCUT2D eigenvalue weighted by Crippen LogP contribution is -2.28. The molecule has 2 aliphatic carbocycles. The predicted molar refractivity (Wildman–Crippen MR) is 91.9 cm³/mol. The van der Waals surface area contributed by atoms with Gasteiger partial charge >= 0.3 is 0 Å². The van der Waals surface area contributed by atoms with Crippen LogP contribution >= 0.6 is 0 Å². The smallest absolute Gasteiger partial charge is 0.0503 e. The molecule has 0 saturated carbocycles. The van der Waals surface area contributed by atoms with E-state index in [0.717, 1.165) is 6.42 Å². The lowest BCUT2D eigenvalue weighted by molar-refractivity contribution is 0.638. The molecule has 0 unspecified atom stereocenters. The molecule has 0 aromatic heterocycles. The Kier molecular flexibility index (Phi) is 2.29. The van der Waals surface area contributed by atoms with E-state index < -0.39 is 0 Å². The van der Waals surface area contributed by atoms with Crippen molar-refractivity contribution in [2.75, 3.05) is 0 Å². The van der Waals surface area contributed by atoms with Gasteiger partial charge in [0.2, 0.25) is 0 Å². The summed E-state index contributed by atoms with van der Waals surface area (Å²) in [6.07, 6.45) is 5.64. The molecule has 3 aromatic carbocycles. The van der Waals surface area contributed by atoms with E-state index in [2.05, 4.69) is 84.9 Å². The Morgan fingerprint density at radius 2 is 1.14 bits per heavy atom. The van der Waals surface area contributed by atoms with Crippen molar-refractivity contribution >= 4 is 6.08 Å². The van der Waals surface area contributed by atoms with Gasteiger partial charge in [0.15, 0.2) is 0 Å². The Labute approximate surface area is 130 Å². The Bertz CT molecular complexity index is 869. The lowest BCUT2D eigenvalue weighted by atomic mass is 9.66. The maximum atomic E-state index is 2.33. The molecule has 0 N–H and O–H groups in total. The molecule has 0 bridgehead atoms. The van der Waals surface area contributed by atoms with Gasteiger partial charge in [-0.2, -0.15) is 0 Å². The fourth-order valence-electron chi connectivity index (χ4n) is 4.34. The summed E-state index contributed by atoms with van der Waals surface area (Å²) >= 11 is 0. The van der Waals surface area contributed by atoms with Gasteiger partial charge < -0.3 is 0 Å². The summed E-state index contributed by atoms with van der Waals surface area (Å²) in [6.45, 7) is 0. The van der Waals surface area contributed by atoms with Crippen molar-refractivity contribution in [1.82, 2.24) is 0 Å². The van der Waals surface area contributed by atoms with Gasteiger partial charge in [0.05, 0.1) is 5.41 Å². The van der Waals surface area contributed by atoms with E-state index >= 15 is 0 Å². The van der Waals surface area contributed by atoms with Crippen LogP contribution in [0.15, 0.2) is 78.9 Å². The van der Waals surface area contributed by atoms with Crippen molar-refractivity contribution in [3.63, 3.8) is 0 Å². The van der Waals surface area contributed by atoms with Gasteiger partial charge in [0, 0.05) is 0 Å². The molecule has 22 heavy (non-hydrogen) atoms. The molecule has 3 aromatic rings. The summed E-state index contributed by atoms with van der Waals surface area (Å²) in [6, 6.07) is 26.6. The van der Waals surface area contributed by atoms with Crippen LogP contribution in [0.25, 0.3) is 17.2 Å². The quantitative estimate of drug-likeness (QED) is 0.516. The van der Waals surface area contributed by atoms with Crippen molar-refractivity contribution in [3.8, 4) is 11.1 Å². The highest BCUT2D eigenvalue weighted by molar-refractivity contribution is 5.85. The normalized spacial score (nSPS) is 16.2. The van der Waals surface area contributed by atoms with E-state index in [4.69, 9.17) is 0 Å². The molecular formula is C22H16. The average molecular weight is 280 g/mol. The van der Waals surface area contributed by atoms with Crippen molar-refractivity contribution in [3.05, 3.63) is 101 Å². The molecule has 0 nitrogen and oxygen atoms in total. The van der Waals surface area contributed by atoms with Crippen molar-refractivity contribution in [1.29, 1.82) is 0 Å². The van der Waals surface area contributed by atoms with Crippen LogP contribution in [0.5, 0.6) is 0 Å². The first-order chi connectivity index (χ1) is 10.9. The summed E-state index contributed by atoms with van der Waals surface area (Å²) in [5.74, 6) is 0. The number of hydrogen-bond donors (Lipinski definition) is 0. The van der Waals surface area contributed by atoms with E-state index in [0.29, 0.717) is 0 Å². The Morgan fingerprint density at radius 1 is 0.591 bits per heavy atom. The van der Waals surface area contributed by atoms with Gasteiger partial charge in [-0.05, 0) is 39.8 Å². The highest BCUT2D eigenvalue weighted by Gasteiger charge is 2.45. The SMILES string of the molecule is C1=Cc2ccccc2C2(C1)c1ccccc1-c1ccccc12. The zero-order chi connectivity index (χ0) is 14.6. The third-order valence-electron chi connectivity index (χ3n) is 5.21. The molecule has 2 aliphatic rings. The molecule has 0 fully saturated rings. The zero-order valence-corrected chi connectivity index (χ0v) is 12.3. The zero-order valence-electron chi connectivity index (χ0n) is 12.3. The summed E-state index contributed by atoms with van der Waals surface area (Å²) in [7, 11) is 0.